The summed E-state index contributed by atoms with van der Waals surface area (Å²) in [5.74, 6) is -0.0510. The molecule has 1 aromatic heterocycles. The first kappa shape index (κ1) is 19.6. The molecular formula is C12H7Cl6N3OS. The van der Waals surface area contributed by atoms with Crippen molar-refractivity contribution in [3.8, 4) is 11.4 Å². The van der Waals surface area contributed by atoms with Gasteiger partial charge in [0, 0.05) is 22.5 Å². The second-order valence-electron chi connectivity index (χ2n) is 4.08. The summed E-state index contributed by atoms with van der Waals surface area (Å²) < 4.78 is 1.21. The van der Waals surface area contributed by atoms with Crippen molar-refractivity contribution in [1.29, 1.82) is 0 Å². The van der Waals surface area contributed by atoms with Crippen molar-refractivity contribution in [3.05, 3.63) is 35.9 Å². The number of nitrogens with zero attached hydrogens (tertiary/aromatic N) is 3. The quantitative estimate of drug-likeness (QED) is 0.431. The second-order valence-corrected chi connectivity index (χ2v) is 9.61. The summed E-state index contributed by atoms with van der Waals surface area (Å²) in [5, 5.41) is 0. The van der Waals surface area contributed by atoms with E-state index in [0.717, 1.165) is 4.90 Å². The molecule has 1 heterocycles. The number of aromatic nitrogens is 3. The number of halogens is 6. The molecule has 0 amide bonds. The zero-order chi connectivity index (χ0) is 17.3. The van der Waals surface area contributed by atoms with Crippen molar-refractivity contribution in [3.63, 3.8) is 0 Å². The van der Waals surface area contributed by atoms with Crippen LogP contribution in [0.25, 0.3) is 11.4 Å². The number of hydrogen-bond acceptors (Lipinski definition) is 5. The van der Waals surface area contributed by atoms with E-state index in [4.69, 9.17) is 73.8 Å². The van der Waals surface area contributed by atoms with E-state index in [-0.39, 0.29) is 17.5 Å². The Bertz CT molecular complexity index is 654. The molecule has 0 unspecified atom stereocenters. The van der Waals surface area contributed by atoms with E-state index in [1.54, 1.807) is 19.2 Å². The number of hydrogen-bond donors (Lipinski definition) is 0. The Morgan fingerprint density at radius 3 is 1.70 bits per heavy atom. The summed E-state index contributed by atoms with van der Waals surface area (Å²) in [4.78, 5) is 13.1. The van der Waals surface area contributed by atoms with Gasteiger partial charge in [-0.1, -0.05) is 69.6 Å². The molecule has 0 spiro atoms. The summed E-state index contributed by atoms with van der Waals surface area (Å²) in [7, 11) is 1.57. The Morgan fingerprint density at radius 2 is 1.30 bits per heavy atom. The highest BCUT2D eigenvalue weighted by atomic mass is 35.6. The average molecular weight is 454 g/mol. The lowest BCUT2D eigenvalue weighted by molar-refractivity contribution is 0.490. The zero-order valence-corrected chi connectivity index (χ0v) is 16.6. The highest BCUT2D eigenvalue weighted by Crippen LogP contribution is 2.40. The third-order valence-corrected chi connectivity index (χ3v) is 4.08. The first-order chi connectivity index (χ1) is 10.6. The van der Waals surface area contributed by atoms with Gasteiger partial charge >= 0.3 is 0 Å². The monoisotopic (exact) mass is 451 g/mol. The summed E-state index contributed by atoms with van der Waals surface area (Å²) in [5.41, 5.74) is 0.638. The van der Waals surface area contributed by atoms with Gasteiger partial charge in [0.2, 0.25) is 7.59 Å². The van der Waals surface area contributed by atoms with Crippen LogP contribution in [0.15, 0.2) is 29.2 Å². The fourth-order valence-electron chi connectivity index (χ4n) is 1.51. The number of rotatable bonds is 3. The molecule has 2 rings (SSSR count). The highest BCUT2D eigenvalue weighted by Gasteiger charge is 2.33. The topological polar surface area (TPSA) is 47.9 Å². The lowest BCUT2D eigenvalue weighted by Gasteiger charge is -2.15. The molecule has 1 aromatic carbocycles. The molecule has 0 aliphatic rings. The minimum absolute atomic E-state index is 0.135. The number of benzene rings is 1. The lowest BCUT2D eigenvalue weighted by atomic mass is 10.2. The van der Waals surface area contributed by atoms with E-state index in [2.05, 4.69) is 15.0 Å². The smallest absolute Gasteiger partial charge is 0.250 e. The van der Waals surface area contributed by atoms with Gasteiger partial charge in [0.25, 0.3) is 0 Å². The van der Waals surface area contributed by atoms with Crippen LogP contribution in [0.4, 0.5) is 0 Å². The first-order valence-corrected chi connectivity index (χ1v) is 8.84. The number of alkyl halides is 6. The minimum atomic E-state index is -1.88. The Morgan fingerprint density at radius 1 is 0.826 bits per heavy atom. The fraction of sp³-hybridized carbons (Fsp3) is 0.250. The molecule has 124 valence electrons. The van der Waals surface area contributed by atoms with Crippen molar-refractivity contribution in [2.24, 2.45) is 0 Å². The normalized spacial score (nSPS) is 12.5. The van der Waals surface area contributed by atoms with Gasteiger partial charge in [-0.15, -0.1) is 0 Å². The molecule has 0 saturated carbocycles. The first-order valence-electron chi connectivity index (χ1n) is 5.83. The molecule has 0 aliphatic carbocycles. The second kappa shape index (κ2) is 7.67. The molecule has 0 atom stereocenters. The van der Waals surface area contributed by atoms with Gasteiger partial charge in [0.1, 0.15) is 0 Å². The van der Waals surface area contributed by atoms with E-state index in [1.807, 2.05) is 12.1 Å². The standard InChI is InChI=1S/C12H7Cl6N3OS/c1-22-23-7-4-2-6(3-5-7)8-19-9(11(13,14)15)21-10(20-8)12(16,17)18/h2-5H,1H3. The molecule has 0 saturated heterocycles. The van der Waals surface area contributed by atoms with Crippen molar-refractivity contribution in [2.75, 3.05) is 7.11 Å². The van der Waals surface area contributed by atoms with Crippen molar-refractivity contribution >= 4 is 81.6 Å². The molecular weight excluding hydrogens is 447 g/mol. The van der Waals surface area contributed by atoms with Gasteiger partial charge in [-0.3, -0.25) is 0 Å². The van der Waals surface area contributed by atoms with Crippen LogP contribution in [0.3, 0.4) is 0 Å². The van der Waals surface area contributed by atoms with Crippen LogP contribution < -0.4 is 0 Å². The zero-order valence-electron chi connectivity index (χ0n) is 11.2. The molecule has 0 fully saturated rings. The van der Waals surface area contributed by atoms with Gasteiger partial charge in [-0.2, -0.15) is 0 Å². The van der Waals surface area contributed by atoms with Crippen molar-refractivity contribution in [1.82, 2.24) is 15.0 Å². The van der Waals surface area contributed by atoms with E-state index >= 15 is 0 Å². The summed E-state index contributed by atoms with van der Waals surface area (Å²) in [6, 6.07) is 7.16. The molecule has 0 bridgehead atoms. The Balaban J connectivity index is 2.52. The maximum Gasteiger partial charge on any atom is 0.250 e. The predicted molar refractivity (Wildman–Crippen MR) is 96.6 cm³/mol. The molecule has 2 aromatic rings. The fourth-order valence-corrected chi connectivity index (χ4v) is 2.46. The van der Waals surface area contributed by atoms with E-state index < -0.39 is 7.59 Å². The third kappa shape index (κ3) is 5.38. The van der Waals surface area contributed by atoms with Gasteiger partial charge < -0.3 is 4.18 Å². The average Bonchev–Trinajstić information content (AvgIpc) is 2.46. The minimum Gasteiger partial charge on any atom is -0.314 e. The van der Waals surface area contributed by atoms with Crippen LogP contribution in [0, 0.1) is 0 Å². The predicted octanol–water partition coefficient (Wildman–Crippen LogP) is 5.85. The highest BCUT2D eigenvalue weighted by molar-refractivity contribution is 7.94. The molecule has 0 aliphatic heterocycles. The van der Waals surface area contributed by atoms with Crippen LogP contribution in [0.2, 0.25) is 0 Å². The Kier molecular flexibility index (Phi) is 6.53. The van der Waals surface area contributed by atoms with Crippen molar-refractivity contribution < 1.29 is 4.18 Å². The maximum atomic E-state index is 5.84. The summed E-state index contributed by atoms with van der Waals surface area (Å²) in [6.07, 6.45) is 0. The largest absolute Gasteiger partial charge is 0.314 e. The SMILES string of the molecule is COSc1ccc(-c2nc(C(Cl)(Cl)Cl)nc(C(Cl)(Cl)Cl)n2)cc1. The van der Waals surface area contributed by atoms with E-state index in [1.165, 1.54) is 12.0 Å². The Labute approximate surface area is 167 Å². The maximum absolute atomic E-state index is 5.84. The lowest BCUT2D eigenvalue weighted by Crippen LogP contribution is -2.16. The van der Waals surface area contributed by atoms with Gasteiger partial charge in [0.05, 0.1) is 7.11 Å². The van der Waals surface area contributed by atoms with Crippen LogP contribution >= 0.6 is 81.6 Å². The van der Waals surface area contributed by atoms with Gasteiger partial charge in [-0.25, -0.2) is 15.0 Å². The molecule has 0 N–H and O–H groups in total. The molecule has 0 radical (unpaired) electrons. The molecule has 4 nitrogen and oxygen atoms in total. The summed E-state index contributed by atoms with van der Waals surface area (Å²) >= 11 is 36.2. The molecule has 23 heavy (non-hydrogen) atoms. The third-order valence-electron chi connectivity index (χ3n) is 2.43. The van der Waals surface area contributed by atoms with Crippen LogP contribution in [-0.4, -0.2) is 22.1 Å². The summed E-state index contributed by atoms with van der Waals surface area (Å²) in [6.45, 7) is 0. The van der Waals surface area contributed by atoms with Gasteiger partial charge in [0.15, 0.2) is 17.5 Å². The van der Waals surface area contributed by atoms with Crippen LogP contribution in [-0.2, 0) is 11.8 Å². The van der Waals surface area contributed by atoms with Crippen molar-refractivity contribution in [2.45, 2.75) is 12.5 Å². The van der Waals surface area contributed by atoms with E-state index in [9.17, 15) is 0 Å². The van der Waals surface area contributed by atoms with Crippen LogP contribution in [0.5, 0.6) is 0 Å². The van der Waals surface area contributed by atoms with Gasteiger partial charge in [-0.05, 0) is 24.3 Å². The molecule has 11 heteroatoms. The van der Waals surface area contributed by atoms with Crippen LogP contribution in [0.1, 0.15) is 11.6 Å². The van der Waals surface area contributed by atoms with E-state index in [0.29, 0.717) is 5.56 Å². The Hall–Kier alpha value is 0.280.